The van der Waals surface area contributed by atoms with Crippen molar-refractivity contribution in [3.63, 3.8) is 0 Å². The molecule has 0 saturated heterocycles. The second kappa shape index (κ2) is 9.69. The molecule has 3 heterocycles. The number of amides is 1. The number of benzene rings is 1. The molecule has 0 fully saturated rings. The zero-order chi connectivity index (χ0) is 23.7. The summed E-state index contributed by atoms with van der Waals surface area (Å²) in [5, 5.41) is 13.3. The summed E-state index contributed by atoms with van der Waals surface area (Å²) in [6.07, 6.45) is 4.66. The van der Waals surface area contributed by atoms with E-state index < -0.39 is 0 Å². The lowest BCUT2D eigenvalue weighted by molar-refractivity contribution is 0.0626. The largest absolute Gasteiger partial charge is 0.446 e. The Bertz CT molecular complexity index is 1400. The molecule has 1 amide bonds. The fourth-order valence-electron chi connectivity index (χ4n) is 4.22. The van der Waals surface area contributed by atoms with E-state index in [0.717, 1.165) is 51.2 Å². The number of thiazole rings is 1. The summed E-state index contributed by atoms with van der Waals surface area (Å²) >= 11 is 2.80. The van der Waals surface area contributed by atoms with Crippen LogP contribution in [0.15, 0.2) is 29.3 Å². The van der Waals surface area contributed by atoms with Gasteiger partial charge < -0.3 is 25.0 Å². The molecular weight excluding hydrogens is 474 g/mol. The number of unbranched alkanes of at least 4 members (excludes halogenated alkanes) is 1. The lowest BCUT2D eigenvalue weighted by atomic mass is 9.94. The number of rotatable bonds is 7. The molecule has 1 aromatic carbocycles. The number of hydrogen-bond acceptors (Lipinski definition) is 9. The second-order valence-corrected chi connectivity index (χ2v) is 10.5. The van der Waals surface area contributed by atoms with Crippen LogP contribution in [0, 0.1) is 0 Å². The standard InChI is InChI=1S/C23H25N5O4S2/c1-28(8-2-3-9-29)23(31)32-14-5-6-15-17(11-14)33-21-19(15)20(24-12-25-21)26-13-4-7-16-18(10-13)34-22(30)27-16/h4,7,10,12,14,29H,2-3,5-6,8-9,11H2,1H3,(H,27,30)(H,24,25,26). The van der Waals surface area contributed by atoms with Gasteiger partial charge in [-0.05, 0) is 49.4 Å². The molecule has 3 aromatic heterocycles. The van der Waals surface area contributed by atoms with Gasteiger partial charge in [0, 0.05) is 37.2 Å². The number of ether oxygens (including phenoxy) is 1. The number of aromatic amines is 1. The fraction of sp³-hybridized carbons (Fsp3) is 0.391. The van der Waals surface area contributed by atoms with E-state index in [9.17, 15) is 9.59 Å². The summed E-state index contributed by atoms with van der Waals surface area (Å²) < 4.78 is 6.65. The molecule has 0 radical (unpaired) electrons. The highest BCUT2D eigenvalue weighted by Gasteiger charge is 2.28. The summed E-state index contributed by atoms with van der Waals surface area (Å²) in [6.45, 7) is 0.693. The van der Waals surface area contributed by atoms with Crippen LogP contribution < -0.4 is 10.2 Å². The van der Waals surface area contributed by atoms with E-state index >= 15 is 0 Å². The lowest BCUT2D eigenvalue weighted by Gasteiger charge is -2.25. The molecule has 1 unspecified atom stereocenters. The molecule has 178 valence electrons. The van der Waals surface area contributed by atoms with Crippen LogP contribution in [0.25, 0.3) is 20.4 Å². The van der Waals surface area contributed by atoms with E-state index in [1.807, 2.05) is 18.2 Å². The van der Waals surface area contributed by atoms with Gasteiger partial charge in [-0.2, -0.15) is 0 Å². The van der Waals surface area contributed by atoms with Crippen LogP contribution in [0.1, 0.15) is 29.7 Å². The second-order valence-electron chi connectivity index (χ2n) is 8.36. The van der Waals surface area contributed by atoms with Gasteiger partial charge in [0.15, 0.2) is 0 Å². The molecule has 0 aliphatic heterocycles. The minimum Gasteiger partial charge on any atom is -0.446 e. The number of aryl methyl sites for hydroxylation is 1. The Morgan fingerprint density at radius 3 is 3.06 bits per heavy atom. The van der Waals surface area contributed by atoms with E-state index in [1.165, 1.54) is 21.8 Å². The van der Waals surface area contributed by atoms with Gasteiger partial charge in [-0.1, -0.05) is 11.3 Å². The number of aromatic nitrogens is 3. The highest BCUT2D eigenvalue weighted by Crippen LogP contribution is 2.39. The van der Waals surface area contributed by atoms with Gasteiger partial charge in [0.05, 0.1) is 15.6 Å². The van der Waals surface area contributed by atoms with Crippen molar-refractivity contribution in [1.82, 2.24) is 19.9 Å². The van der Waals surface area contributed by atoms with Crippen LogP contribution in [-0.4, -0.2) is 57.4 Å². The number of aliphatic hydroxyl groups excluding tert-OH is 1. The van der Waals surface area contributed by atoms with E-state index in [1.54, 1.807) is 29.6 Å². The first kappa shape index (κ1) is 22.8. The Balaban J connectivity index is 1.33. The van der Waals surface area contributed by atoms with Crippen molar-refractivity contribution in [3.8, 4) is 0 Å². The number of fused-ring (bicyclic) bond motifs is 4. The maximum Gasteiger partial charge on any atom is 0.409 e. The van der Waals surface area contributed by atoms with Gasteiger partial charge in [-0.25, -0.2) is 14.8 Å². The minimum absolute atomic E-state index is 0.0740. The molecule has 4 aromatic rings. The Morgan fingerprint density at radius 1 is 1.32 bits per heavy atom. The number of carbonyl (C=O) groups is 1. The monoisotopic (exact) mass is 499 g/mol. The average molecular weight is 500 g/mol. The predicted octanol–water partition coefficient (Wildman–Crippen LogP) is 4.04. The molecule has 0 spiro atoms. The Hall–Kier alpha value is -3.02. The number of nitrogens with one attached hydrogen (secondary N) is 2. The number of nitrogens with zero attached hydrogens (tertiary/aromatic N) is 3. The van der Waals surface area contributed by atoms with Crippen LogP contribution in [-0.2, 0) is 17.6 Å². The van der Waals surface area contributed by atoms with Gasteiger partial charge >= 0.3 is 11.0 Å². The molecule has 11 heteroatoms. The molecule has 0 saturated carbocycles. The highest BCUT2D eigenvalue weighted by atomic mass is 32.1. The fourth-order valence-corrected chi connectivity index (χ4v) is 6.25. The zero-order valence-corrected chi connectivity index (χ0v) is 20.3. The Labute approximate surface area is 203 Å². The zero-order valence-electron chi connectivity index (χ0n) is 18.7. The minimum atomic E-state index is -0.322. The Kier molecular flexibility index (Phi) is 6.48. The highest BCUT2D eigenvalue weighted by molar-refractivity contribution is 7.19. The maximum atomic E-state index is 12.4. The van der Waals surface area contributed by atoms with Crippen LogP contribution in [0.2, 0.25) is 0 Å². The van der Waals surface area contributed by atoms with E-state index in [2.05, 4.69) is 20.3 Å². The van der Waals surface area contributed by atoms with Crippen molar-refractivity contribution >= 4 is 60.7 Å². The van der Waals surface area contributed by atoms with Crippen molar-refractivity contribution < 1.29 is 14.6 Å². The first-order valence-corrected chi connectivity index (χ1v) is 12.8. The number of anilines is 2. The first-order chi connectivity index (χ1) is 16.5. The van der Waals surface area contributed by atoms with E-state index in [0.29, 0.717) is 19.4 Å². The third kappa shape index (κ3) is 4.63. The summed E-state index contributed by atoms with van der Waals surface area (Å²) in [6, 6.07) is 5.75. The smallest absolute Gasteiger partial charge is 0.409 e. The topological polar surface area (TPSA) is 120 Å². The van der Waals surface area contributed by atoms with Gasteiger partial charge in [0.1, 0.15) is 23.1 Å². The lowest BCUT2D eigenvalue weighted by Crippen LogP contribution is -2.34. The molecule has 1 aliphatic rings. The summed E-state index contributed by atoms with van der Waals surface area (Å²) in [5.74, 6) is 0.740. The van der Waals surface area contributed by atoms with Crippen LogP contribution in [0.3, 0.4) is 0 Å². The first-order valence-electron chi connectivity index (χ1n) is 11.2. The average Bonchev–Trinajstić information content (AvgIpc) is 3.38. The normalized spacial score (nSPS) is 15.4. The van der Waals surface area contributed by atoms with Crippen LogP contribution in [0.5, 0.6) is 0 Å². The molecule has 1 atom stereocenters. The molecule has 0 bridgehead atoms. The summed E-state index contributed by atoms with van der Waals surface area (Å²) in [4.78, 5) is 39.4. The van der Waals surface area contributed by atoms with Gasteiger partial charge in [-0.3, -0.25) is 4.79 Å². The molecule has 5 rings (SSSR count). The van der Waals surface area contributed by atoms with E-state index in [4.69, 9.17) is 9.84 Å². The third-order valence-electron chi connectivity index (χ3n) is 5.96. The number of H-pyrrole nitrogens is 1. The molecule has 3 N–H and O–H groups in total. The SMILES string of the molecule is CN(CCCCO)C(=O)OC1CCc2c(sc3ncnc(Nc4ccc5[nH]c(=O)sc5c4)c23)C1. The van der Waals surface area contributed by atoms with Crippen molar-refractivity contribution in [2.45, 2.75) is 38.2 Å². The number of carbonyl (C=O) groups excluding carboxylic acids is 1. The van der Waals surface area contributed by atoms with E-state index in [-0.39, 0.29) is 23.7 Å². The van der Waals surface area contributed by atoms with Crippen molar-refractivity contribution in [2.24, 2.45) is 0 Å². The summed E-state index contributed by atoms with van der Waals surface area (Å²) in [7, 11) is 1.73. The van der Waals surface area contributed by atoms with Crippen molar-refractivity contribution in [3.05, 3.63) is 44.6 Å². The quantitative estimate of drug-likeness (QED) is 0.328. The molecule has 9 nitrogen and oxygen atoms in total. The van der Waals surface area contributed by atoms with Crippen LogP contribution in [0.4, 0.5) is 16.3 Å². The van der Waals surface area contributed by atoms with Crippen molar-refractivity contribution in [2.75, 3.05) is 25.5 Å². The number of hydrogen-bond donors (Lipinski definition) is 3. The van der Waals surface area contributed by atoms with Crippen LogP contribution >= 0.6 is 22.7 Å². The third-order valence-corrected chi connectivity index (χ3v) is 7.97. The number of thiophene rings is 1. The van der Waals surface area contributed by atoms with Gasteiger partial charge in [-0.15, -0.1) is 11.3 Å². The predicted molar refractivity (Wildman–Crippen MR) is 134 cm³/mol. The van der Waals surface area contributed by atoms with Crippen molar-refractivity contribution in [1.29, 1.82) is 0 Å². The Morgan fingerprint density at radius 2 is 2.21 bits per heavy atom. The van der Waals surface area contributed by atoms with Gasteiger partial charge in [0.2, 0.25) is 0 Å². The molecule has 34 heavy (non-hydrogen) atoms. The number of aliphatic hydroxyl groups is 1. The molecule has 1 aliphatic carbocycles. The maximum absolute atomic E-state index is 12.4. The molecular formula is C23H25N5O4S2. The summed E-state index contributed by atoms with van der Waals surface area (Å²) in [5.41, 5.74) is 2.88. The van der Waals surface area contributed by atoms with Gasteiger partial charge in [0.25, 0.3) is 0 Å².